The van der Waals surface area contributed by atoms with Gasteiger partial charge in [0.1, 0.15) is 0 Å². The van der Waals surface area contributed by atoms with E-state index >= 15 is 0 Å². The van der Waals surface area contributed by atoms with Crippen LogP contribution >= 0.6 is 11.3 Å². The maximum absolute atomic E-state index is 13.1. The number of carbonyl (C=O) groups is 1. The molecule has 0 spiro atoms. The van der Waals surface area contributed by atoms with Crippen LogP contribution in [-0.2, 0) is 21.2 Å². The van der Waals surface area contributed by atoms with Crippen molar-refractivity contribution in [1.82, 2.24) is 9.88 Å². The molecule has 1 N–H and O–H groups in total. The number of hydrogen-bond acceptors (Lipinski definition) is 6. The van der Waals surface area contributed by atoms with Crippen LogP contribution in [0.4, 0.5) is 10.8 Å². The van der Waals surface area contributed by atoms with Gasteiger partial charge in [-0.2, -0.15) is 0 Å². The molecule has 1 amide bonds. The summed E-state index contributed by atoms with van der Waals surface area (Å²) in [6.45, 7) is 2.77. The molecule has 0 saturated carbocycles. The Bertz CT molecular complexity index is 1270. The van der Waals surface area contributed by atoms with E-state index in [4.69, 9.17) is 0 Å². The van der Waals surface area contributed by atoms with Gasteiger partial charge in [0, 0.05) is 17.5 Å². The second kappa shape index (κ2) is 9.85. The number of hydrogen-bond donors (Lipinski definition) is 1. The third-order valence-corrected chi connectivity index (χ3v) is 8.96. The smallest absolute Gasteiger partial charge is 0.264 e. The molecule has 0 unspecified atom stereocenters. The lowest BCUT2D eigenvalue weighted by Crippen LogP contribution is -2.33. The summed E-state index contributed by atoms with van der Waals surface area (Å²) in [4.78, 5) is 19.6. The molecule has 9 heteroatoms. The highest BCUT2D eigenvalue weighted by atomic mass is 32.2. The van der Waals surface area contributed by atoms with Gasteiger partial charge in [-0.25, -0.2) is 13.4 Å². The Hall–Kier alpha value is -2.75. The Balaban J connectivity index is 1.28. The summed E-state index contributed by atoms with van der Waals surface area (Å²) < 4.78 is 27.7. The molecule has 3 aromatic rings. The monoisotopic (exact) mass is 496 g/mol. The molecule has 2 aliphatic heterocycles. The van der Waals surface area contributed by atoms with Crippen molar-refractivity contribution in [1.29, 1.82) is 0 Å². The van der Waals surface area contributed by atoms with Gasteiger partial charge in [-0.05, 0) is 62.2 Å². The van der Waals surface area contributed by atoms with E-state index in [1.165, 1.54) is 28.5 Å². The number of carbonyl (C=O) groups excluding carboxylic acids is 1. The van der Waals surface area contributed by atoms with E-state index in [0.29, 0.717) is 35.2 Å². The Labute approximate surface area is 204 Å². The molecule has 1 saturated heterocycles. The molecule has 2 aliphatic rings. The zero-order valence-corrected chi connectivity index (χ0v) is 20.6. The quantitative estimate of drug-likeness (QED) is 0.548. The summed E-state index contributed by atoms with van der Waals surface area (Å²) >= 11 is 1.41. The number of nitrogens with one attached hydrogen (secondary N) is 1. The molecular formula is C25H28N4O3S2. The lowest BCUT2D eigenvalue weighted by molar-refractivity contribution is -0.117. The summed E-state index contributed by atoms with van der Waals surface area (Å²) in [5, 5.41) is 5.45. The third kappa shape index (κ3) is 4.87. The number of anilines is 2. The van der Waals surface area contributed by atoms with Gasteiger partial charge >= 0.3 is 0 Å². The number of likely N-dealkylation sites (tertiary alicyclic amines) is 1. The number of amides is 1. The van der Waals surface area contributed by atoms with Crippen LogP contribution in [0.1, 0.15) is 31.2 Å². The van der Waals surface area contributed by atoms with Crippen LogP contribution in [0, 0.1) is 0 Å². The molecular weight excluding hydrogens is 468 g/mol. The first-order valence-electron chi connectivity index (χ1n) is 11.7. The van der Waals surface area contributed by atoms with Gasteiger partial charge in [0.2, 0.25) is 5.91 Å². The van der Waals surface area contributed by atoms with Gasteiger partial charge in [0.05, 0.1) is 22.8 Å². The summed E-state index contributed by atoms with van der Waals surface area (Å²) in [5.74, 6) is -0.0292. The van der Waals surface area contributed by atoms with Crippen molar-refractivity contribution in [2.24, 2.45) is 0 Å². The topological polar surface area (TPSA) is 82.6 Å². The van der Waals surface area contributed by atoms with Crippen molar-refractivity contribution in [3.8, 4) is 11.3 Å². The van der Waals surface area contributed by atoms with Crippen LogP contribution in [0.15, 0.2) is 58.8 Å². The Morgan fingerprint density at radius 3 is 2.53 bits per heavy atom. The fraction of sp³-hybridized carbons (Fsp3) is 0.360. The van der Waals surface area contributed by atoms with Gasteiger partial charge in [-0.3, -0.25) is 14.0 Å². The van der Waals surface area contributed by atoms with Crippen LogP contribution < -0.4 is 9.62 Å². The number of nitrogens with zero attached hydrogens (tertiary/aromatic N) is 3. The standard InChI is InChI=1S/C25H28N4O3S2/c30-24(17-28-13-6-1-2-7-14-28)27-25-26-22(18-33-25)19-10-11-23-20(16-19)12-15-29(23)34(31,32)21-8-4-3-5-9-21/h3-5,8-11,16,18H,1-2,6-7,12-15,17H2,(H,26,27,30). The zero-order valence-electron chi connectivity index (χ0n) is 18.9. The van der Waals surface area contributed by atoms with E-state index in [1.807, 2.05) is 29.6 Å². The van der Waals surface area contributed by atoms with Gasteiger partial charge in [-0.1, -0.05) is 37.1 Å². The maximum atomic E-state index is 13.1. The van der Waals surface area contributed by atoms with Crippen LogP contribution in [0.3, 0.4) is 0 Å². The van der Waals surface area contributed by atoms with Gasteiger partial charge in [0.15, 0.2) is 5.13 Å². The molecule has 5 rings (SSSR count). The fourth-order valence-corrected chi connectivity index (χ4v) is 6.88. The largest absolute Gasteiger partial charge is 0.301 e. The predicted molar refractivity (Wildman–Crippen MR) is 136 cm³/mol. The van der Waals surface area contributed by atoms with E-state index in [-0.39, 0.29) is 5.91 Å². The van der Waals surface area contributed by atoms with Crippen LogP contribution in [0.2, 0.25) is 0 Å². The highest BCUT2D eigenvalue weighted by Crippen LogP contribution is 2.36. The third-order valence-electron chi connectivity index (χ3n) is 6.38. The lowest BCUT2D eigenvalue weighted by atomic mass is 10.1. The summed E-state index contributed by atoms with van der Waals surface area (Å²) in [6, 6.07) is 14.3. The molecule has 1 fully saturated rings. The van der Waals surface area contributed by atoms with Crippen molar-refractivity contribution in [2.45, 2.75) is 37.0 Å². The first-order chi connectivity index (χ1) is 16.5. The van der Waals surface area contributed by atoms with Crippen molar-refractivity contribution >= 4 is 38.1 Å². The minimum atomic E-state index is -3.59. The maximum Gasteiger partial charge on any atom is 0.264 e. The van der Waals surface area contributed by atoms with Crippen molar-refractivity contribution in [3.05, 3.63) is 59.5 Å². The van der Waals surface area contributed by atoms with Crippen molar-refractivity contribution < 1.29 is 13.2 Å². The molecule has 1 aromatic heterocycles. The SMILES string of the molecule is O=C(CN1CCCCCC1)Nc1nc(-c2ccc3c(c2)CCN3S(=O)(=O)c2ccccc2)cs1. The Kier molecular flexibility index (Phi) is 6.67. The molecule has 0 atom stereocenters. The van der Waals surface area contributed by atoms with E-state index < -0.39 is 10.0 Å². The minimum absolute atomic E-state index is 0.0292. The van der Waals surface area contributed by atoms with Crippen LogP contribution in [0.25, 0.3) is 11.3 Å². The van der Waals surface area contributed by atoms with Crippen molar-refractivity contribution in [3.63, 3.8) is 0 Å². The molecule has 3 heterocycles. The number of fused-ring (bicyclic) bond motifs is 1. The molecule has 0 radical (unpaired) electrons. The Morgan fingerprint density at radius 1 is 1.00 bits per heavy atom. The highest BCUT2D eigenvalue weighted by molar-refractivity contribution is 7.92. The average molecular weight is 497 g/mol. The van der Waals surface area contributed by atoms with Gasteiger partial charge in [-0.15, -0.1) is 11.3 Å². The molecule has 0 bridgehead atoms. The number of rotatable bonds is 6. The Morgan fingerprint density at radius 2 is 1.76 bits per heavy atom. The van der Waals surface area contributed by atoms with Gasteiger partial charge in [0.25, 0.3) is 10.0 Å². The number of benzene rings is 2. The van der Waals surface area contributed by atoms with Gasteiger partial charge < -0.3 is 5.32 Å². The lowest BCUT2D eigenvalue weighted by Gasteiger charge is -2.19. The molecule has 178 valence electrons. The molecule has 2 aromatic carbocycles. The van der Waals surface area contributed by atoms with Crippen molar-refractivity contribution in [2.75, 3.05) is 35.8 Å². The normalized spacial score (nSPS) is 16.8. The minimum Gasteiger partial charge on any atom is -0.301 e. The fourth-order valence-electron chi connectivity index (χ4n) is 4.62. The summed E-state index contributed by atoms with van der Waals surface area (Å²) in [7, 11) is -3.59. The van der Waals surface area contributed by atoms with E-state index in [0.717, 1.165) is 42.8 Å². The first-order valence-corrected chi connectivity index (χ1v) is 14.0. The van der Waals surface area contributed by atoms with E-state index in [1.54, 1.807) is 24.3 Å². The summed E-state index contributed by atoms with van der Waals surface area (Å²) in [5.41, 5.74) is 3.40. The second-order valence-corrected chi connectivity index (χ2v) is 11.5. The zero-order chi connectivity index (χ0) is 23.5. The van der Waals surface area contributed by atoms with Crippen LogP contribution in [-0.4, -0.2) is 50.4 Å². The number of thiazole rings is 1. The average Bonchev–Trinajstić information content (AvgIpc) is 3.40. The first kappa shape index (κ1) is 23.0. The number of sulfonamides is 1. The molecule has 7 nitrogen and oxygen atoms in total. The van der Waals surface area contributed by atoms with E-state index in [2.05, 4.69) is 15.2 Å². The van der Waals surface area contributed by atoms with Crippen LogP contribution in [0.5, 0.6) is 0 Å². The highest BCUT2D eigenvalue weighted by Gasteiger charge is 2.31. The molecule has 0 aliphatic carbocycles. The van der Waals surface area contributed by atoms with E-state index in [9.17, 15) is 13.2 Å². The predicted octanol–water partition coefficient (Wildman–Crippen LogP) is 4.38. The number of aromatic nitrogens is 1. The molecule has 34 heavy (non-hydrogen) atoms. The second-order valence-electron chi connectivity index (χ2n) is 8.76. The summed E-state index contributed by atoms with van der Waals surface area (Å²) in [6.07, 6.45) is 5.43.